The highest BCUT2D eigenvalue weighted by Crippen LogP contribution is 2.35. The van der Waals surface area contributed by atoms with E-state index in [0.29, 0.717) is 18.6 Å². The quantitative estimate of drug-likeness (QED) is 0.675. The van der Waals surface area contributed by atoms with Crippen molar-refractivity contribution in [2.45, 2.75) is 32.9 Å². The summed E-state index contributed by atoms with van der Waals surface area (Å²) in [6.45, 7) is 10.3. The lowest BCUT2D eigenvalue weighted by atomic mass is 9.75. The highest BCUT2D eigenvalue weighted by atomic mass is 16.5. The topological polar surface area (TPSA) is 32.7 Å². The molecule has 0 bridgehead atoms. The van der Waals surface area contributed by atoms with E-state index in [1.54, 1.807) is 0 Å². The summed E-state index contributed by atoms with van der Waals surface area (Å²) >= 11 is 0. The molecule has 1 N–H and O–H groups in total. The summed E-state index contributed by atoms with van der Waals surface area (Å²) in [5.41, 5.74) is 0.404. The lowest BCUT2D eigenvalue weighted by Gasteiger charge is -2.49. The Labute approximate surface area is 86.0 Å². The number of aliphatic hydroxyl groups excluding tert-OH is 1. The molecule has 0 aromatic carbocycles. The van der Waals surface area contributed by atoms with Gasteiger partial charge in [0.1, 0.15) is 0 Å². The number of aliphatic hydroxyl groups is 1. The van der Waals surface area contributed by atoms with Crippen molar-refractivity contribution in [3.63, 3.8) is 0 Å². The Hall–Kier alpha value is -0.120. The highest BCUT2D eigenvalue weighted by Gasteiger charge is 2.42. The van der Waals surface area contributed by atoms with E-state index in [2.05, 4.69) is 25.7 Å². The molecular formula is C11H21NO2. The van der Waals surface area contributed by atoms with Gasteiger partial charge in [-0.15, -0.1) is 0 Å². The van der Waals surface area contributed by atoms with Crippen LogP contribution in [0.4, 0.5) is 0 Å². The lowest BCUT2D eigenvalue weighted by Crippen LogP contribution is -2.59. The summed E-state index contributed by atoms with van der Waals surface area (Å²) in [4.78, 5) is 2.35. The van der Waals surface area contributed by atoms with Crippen molar-refractivity contribution in [3.8, 4) is 0 Å². The zero-order valence-electron chi connectivity index (χ0n) is 9.36. The molecule has 14 heavy (non-hydrogen) atoms. The molecule has 82 valence electrons. The van der Waals surface area contributed by atoms with Crippen LogP contribution in [0.15, 0.2) is 0 Å². The van der Waals surface area contributed by atoms with Gasteiger partial charge >= 0.3 is 0 Å². The summed E-state index contributed by atoms with van der Waals surface area (Å²) in [7, 11) is 0. The summed E-state index contributed by atoms with van der Waals surface area (Å²) in [5.74, 6) is 0.773. The first-order valence-electron chi connectivity index (χ1n) is 5.48. The van der Waals surface area contributed by atoms with Gasteiger partial charge in [0.25, 0.3) is 0 Å². The first kappa shape index (κ1) is 10.4. The predicted octanol–water partition coefficient (Wildman–Crippen LogP) is 0.724. The Morgan fingerprint density at radius 3 is 2.29 bits per heavy atom. The van der Waals surface area contributed by atoms with Crippen LogP contribution < -0.4 is 0 Å². The second kappa shape index (κ2) is 3.47. The van der Waals surface area contributed by atoms with E-state index in [1.165, 1.54) is 0 Å². The minimum atomic E-state index is -0.268. The molecule has 2 saturated heterocycles. The Kier molecular flexibility index (Phi) is 2.58. The third-order valence-corrected chi connectivity index (χ3v) is 3.62. The Balaban J connectivity index is 1.83. The van der Waals surface area contributed by atoms with Crippen molar-refractivity contribution in [3.05, 3.63) is 0 Å². The first-order valence-corrected chi connectivity index (χ1v) is 5.48. The third-order valence-electron chi connectivity index (χ3n) is 3.62. The van der Waals surface area contributed by atoms with Gasteiger partial charge in [0.2, 0.25) is 0 Å². The van der Waals surface area contributed by atoms with Gasteiger partial charge in [0.05, 0.1) is 25.4 Å². The van der Waals surface area contributed by atoms with Crippen LogP contribution in [0.5, 0.6) is 0 Å². The molecule has 0 aromatic rings. The van der Waals surface area contributed by atoms with Crippen LogP contribution in [0, 0.1) is 11.3 Å². The molecular weight excluding hydrogens is 178 g/mol. The van der Waals surface area contributed by atoms with Gasteiger partial charge in [-0.25, -0.2) is 0 Å². The predicted molar refractivity (Wildman–Crippen MR) is 55.1 cm³/mol. The maximum Gasteiger partial charge on any atom is 0.0950 e. The number of hydrogen-bond donors (Lipinski definition) is 1. The average Bonchev–Trinajstić information content (AvgIpc) is 2.30. The molecule has 2 heterocycles. The third kappa shape index (κ3) is 1.81. The van der Waals surface area contributed by atoms with Gasteiger partial charge in [0, 0.05) is 13.1 Å². The number of likely N-dealkylation sites (tertiary alicyclic amines) is 1. The van der Waals surface area contributed by atoms with Crippen LogP contribution in [0.3, 0.4) is 0 Å². The van der Waals surface area contributed by atoms with E-state index in [4.69, 9.17) is 4.74 Å². The monoisotopic (exact) mass is 199 g/mol. The van der Waals surface area contributed by atoms with E-state index in [1.807, 2.05) is 0 Å². The fourth-order valence-electron chi connectivity index (χ4n) is 2.21. The zero-order chi connectivity index (χ0) is 10.3. The van der Waals surface area contributed by atoms with Crippen molar-refractivity contribution in [1.82, 2.24) is 4.90 Å². The number of nitrogens with zero attached hydrogens (tertiary/aromatic N) is 1. The number of rotatable bonds is 1. The first-order chi connectivity index (χ1) is 6.48. The standard InChI is InChI=1S/C11H21NO2/c1-11(2,3)8-4-12(5-8)9-6-14-7-10(9)13/h8-10,13H,4-7H2,1-3H3/t9-,10-/m1/s1. The van der Waals surface area contributed by atoms with Crippen molar-refractivity contribution < 1.29 is 9.84 Å². The summed E-state index contributed by atoms with van der Waals surface area (Å²) in [5, 5.41) is 9.65. The van der Waals surface area contributed by atoms with Crippen molar-refractivity contribution >= 4 is 0 Å². The number of hydrogen-bond acceptors (Lipinski definition) is 3. The van der Waals surface area contributed by atoms with Crippen LogP contribution in [0.25, 0.3) is 0 Å². The molecule has 3 nitrogen and oxygen atoms in total. The molecule has 0 unspecified atom stereocenters. The Bertz CT molecular complexity index is 206. The lowest BCUT2D eigenvalue weighted by molar-refractivity contribution is -0.0344. The van der Waals surface area contributed by atoms with Crippen LogP contribution in [-0.4, -0.2) is 48.5 Å². The zero-order valence-corrected chi connectivity index (χ0v) is 9.36. The molecule has 2 fully saturated rings. The molecule has 2 atom stereocenters. The second-order valence-corrected chi connectivity index (χ2v) is 5.69. The van der Waals surface area contributed by atoms with Crippen LogP contribution in [0.1, 0.15) is 20.8 Å². The molecule has 0 aliphatic carbocycles. The van der Waals surface area contributed by atoms with Gasteiger partial charge in [0.15, 0.2) is 0 Å². The van der Waals surface area contributed by atoms with Crippen molar-refractivity contribution in [2.75, 3.05) is 26.3 Å². The molecule has 2 rings (SSSR count). The Morgan fingerprint density at radius 1 is 1.21 bits per heavy atom. The fraction of sp³-hybridized carbons (Fsp3) is 1.00. The molecule has 0 radical (unpaired) electrons. The SMILES string of the molecule is CC(C)(C)C1CN([C@@H]2COC[C@H]2O)C1. The van der Waals surface area contributed by atoms with E-state index in [0.717, 1.165) is 19.0 Å². The molecule has 2 aliphatic rings. The van der Waals surface area contributed by atoms with Gasteiger partial charge in [-0.1, -0.05) is 20.8 Å². The van der Waals surface area contributed by atoms with Crippen molar-refractivity contribution in [2.24, 2.45) is 11.3 Å². The fourth-order valence-corrected chi connectivity index (χ4v) is 2.21. The molecule has 0 amide bonds. The second-order valence-electron chi connectivity index (χ2n) is 5.69. The summed E-state index contributed by atoms with van der Waals surface area (Å²) in [6, 6.07) is 0.258. The van der Waals surface area contributed by atoms with Crippen LogP contribution >= 0.6 is 0 Å². The molecule has 2 aliphatic heterocycles. The van der Waals surface area contributed by atoms with E-state index in [9.17, 15) is 5.11 Å². The smallest absolute Gasteiger partial charge is 0.0950 e. The Morgan fingerprint density at radius 2 is 1.86 bits per heavy atom. The van der Waals surface area contributed by atoms with Crippen LogP contribution in [-0.2, 0) is 4.74 Å². The summed E-state index contributed by atoms with van der Waals surface area (Å²) < 4.78 is 5.26. The van der Waals surface area contributed by atoms with Gasteiger partial charge in [-0.05, 0) is 11.3 Å². The maximum absolute atomic E-state index is 9.65. The largest absolute Gasteiger partial charge is 0.389 e. The van der Waals surface area contributed by atoms with E-state index < -0.39 is 0 Å². The number of ether oxygens (including phenoxy) is 1. The van der Waals surface area contributed by atoms with E-state index in [-0.39, 0.29) is 12.1 Å². The van der Waals surface area contributed by atoms with Gasteiger partial charge in [-0.3, -0.25) is 4.90 Å². The maximum atomic E-state index is 9.65. The van der Waals surface area contributed by atoms with Crippen molar-refractivity contribution in [1.29, 1.82) is 0 Å². The normalized spacial score (nSPS) is 36.0. The molecule has 0 aromatic heterocycles. The molecule has 0 spiro atoms. The molecule has 0 saturated carbocycles. The van der Waals surface area contributed by atoms with E-state index >= 15 is 0 Å². The molecule has 3 heteroatoms. The van der Waals surface area contributed by atoms with Gasteiger partial charge in [-0.2, -0.15) is 0 Å². The highest BCUT2D eigenvalue weighted by molar-refractivity contribution is 4.95. The minimum Gasteiger partial charge on any atom is -0.389 e. The van der Waals surface area contributed by atoms with Crippen LogP contribution in [0.2, 0.25) is 0 Å². The minimum absolute atomic E-state index is 0.258. The average molecular weight is 199 g/mol. The summed E-state index contributed by atoms with van der Waals surface area (Å²) in [6.07, 6.45) is -0.268. The van der Waals surface area contributed by atoms with Gasteiger partial charge < -0.3 is 9.84 Å².